The molecule has 0 spiro atoms. The van der Waals surface area contributed by atoms with Crippen LogP contribution >= 0.6 is 11.3 Å². The van der Waals surface area contributed by atoms with E-state index in [1.165, 1.54) is 16.9 Å². The fraction of sp³-hybridized carbons (Fsp3) is 0.629. The standard InChI is InChI=1S/C35H51NO6S/c1-24-7-5-15-34(3)31(14-16-35(34,41)23-36(17-6-18-42-4)21-28(39)22-37)29-12-10-26(19-27(38)11-8-24)20-30(29)33(40)32-13-9-25(2)43-32/h7,9-10,12-13,20,27-28,31,37-39,41H,5-6,8,11,14-19,21-23H2,1-4H3. The molecule has 3 aliphatic carbocycles. The molecule has 7 nitrogen and oxygen atoms in total. The van der Waals surface area contributed by atoms with E-state index in [1.807, 2.05) is 25.1 Å². The Balaban J connectivity index is 1.78. The summed E-state index contributed by atoms with van der Waals surface area (Å²) in [4.78, 5) is 17.9. The molecule has 238 valence electrons. The van der Waals surface area contributed by atoms with Crippen molar-refractivity contribution in [1.82, 2.24) is 4.90 Å². The number of aliphatic hydroxyl groups is 4. The van der Waals surface area contributed by atoms with Gasteiger partial charge in [0.2, 0.25) is 5.78 Å². The van der Waals surface area contributed by atoms with Gasteiger partial charge in [0.05, 0.1) is 29.3 Å². The minimum absolute atomic E-state index is 0.00248. The van der Waals surface area contributed by atoms with Gasteiger partial charge < -0.3 is 25.2 Å². The van der Waals surface area contributed by atoms with Gasteiger partial charge in [-0.3, -0.25) is 9.69 Å². The van der Waals surface area contributed by atoms with Gasteiger partial charge in [0.1, 0.15) is 0 Å². The summed E-state index contributed by atoms with van der Waals surface area (Å²) in [5.41, 5.74) is 2.19. The van der Waals surface area contributed by atoms with Crippen LogP contribution in [0.15, 0.2) is 42.0 Å². The molecule has 5 atom stereocenters. The number of nitrogens with zero attached hydrogens (tertiary/aromatic N) is 1. The first-order valence-electron chi connectivity index (χ1n) is 15.8. The summed E-state index contributed by atoms with van der Waals surface area (Å²) in [6.45, 7) is 7.79. The van der Waals surface area contributed by atoms with Gasteiger partial charge in [0.25, 0.3) is 0 Å². The number of hydrogen-bond acceptors (Lipinski definition) is 8. The van der Waals surface area contributed by atoms with Gasteiger partial charge in [-0.2, -0.15) is 0 Å². The summed E-state index contributed by atoms with van der Waals surface area (Å²) in [5, 5.41) is 43.4. The van der Waals surface area contributed by atoms with Crippen LogP contribution in [0.5, 0.6) is 0 Å². The highest BCUT2D eigenvalue weighted by atomic mass is 32.1. The van der Waals surface area contributed by atoms with Gasteiger partial charge in [0.15, 0.2) is 0 Å². The molecule has 1 aromatic heterocycles. The lowest BCUT2D eigenvalue weighted by atomic mass is 9.64. The molecule has 1 fully saturated rings. The highest BCUT2D eigenvalue weighted by Gasteiger charge is 2.57. The number of aliphatic hydroxyl groups excluding tert-OH is 3. The number of allylic oxidation sites excluding steroid dienone is 2. The highest BCUT2D eigenvalue weighted by Crippen LogP contribution is 2.59. The monoisotopic (exact) mass is 613 g/mol. The fourth-order valence-corrected chi connectivity index (χ4v) is 8.10. The topological polar surface area (TPSA) is 110 Å². The van der Waals surface area contributed by atoms with Crippen LogP contribution in [0.1, 0.15) is 96.0 Å². The zero-order valence-corrected chi connectivity index (χ0v) is 27.2. The minimum Gasteiger partial charge on any atom is -0.394 e. The summed E-state index contributed by atoms with van der Waals surface area (Å²) in [6, 6.07) is 9.98. The van der Waals surface area contributed by atoms with Gasteiger partial charge in [-0.15, -0.1) is 11.3 Å². The van der Waals surface area contributed by atoms with Crippen LogP contribution in [0, 0.1) is 12.3 Å². The molecule has 2 aromatic rings. The van der Waals surface area contributed by atoms with Crippen molar-refractivity contribution in [2.45, 2.75) is 95.9 Å². The molecule has 43 heavy (non-hydrogen) atoms. The molecule has 1 aromatic carbocycles. The number of thiophene rings is 1. The van der Waals surface area contributed by atoms with Crippen molar-refractivity contribution in [3.05, 3.63) is 68.4 Å². The second-order valence-electron chi connectivity index (χ2n) is 13.1. The minimum atomic E-state index is -1.08. The summed E-state index contributed by atoms with van der Waals surface area (Å²) in [5.74, 6) is -0.0611. The quantitative estimate of drug-likeness (QED) is 0.160. The Morgan fingerprint density at radius 1 is 1.19 bits per heavy atom. The first-order chi connectivity index (χ1) is 20.5. The second-order valence-corrected chi connectivity index (χ2v) is 14.4. The Hall–Kier alpha value is -1.91. The fourth-order valence-electron chi connectivity index (χ4n) is 7.28. The normalized spacial score (nSPS) is 27.1. The van der Waals surface area contributed by atoms with Crippen LogP contribution in [0.3, 0.4) is 0 Å². The first kappa shape index (κ1) is 34.0. The van der Waals surface area contributed by atoms with E-state index in [0.29, 0.717) is 49.4 Å². The summed E-state index contributed by atoms with van der Waals surface area (Å²) < 4.78 is 5.27. The Morgan fingerprint density at radius 2 is 1.98 bits per heavy atom. The van der Waals surface area contributed by atoms with E-state index in [-0.39, 0.29) is 24.9 Å². The zero-order valence-electron chi connectivity index (χ0n) is 26.3. The number of ether oxygens (including phenoxy) is 1. The molecule has 0 radical (unpaired) electrons. The molecule has 0 saturated heterocycles. The average molecular weight is 614 g/mol. The lowest BCUT2D eigenvalue weighted by Gasteiger charge is -2.46. The largest absolute Gasteiger partial charge is 0.394 e. The first-order valence-corrected chi connectivity index (χ1v) is 16.6. The predicted molar refractivity (Wildman–Crippen MR) is 172 cm³/mol. The van der Waals surface area contributed by atoms with Crippen LogP contribution in [0.2, 0.25) is 0 Å². The van der Waals surface area contributed by atoms with E-state index in [0.717, 1.165) is 48.1 Å². The Morgan fingerprint density at radius 3 is 2.67 bits per heavy atom. The van der Waals surface area contributed by atoms with Gasteiger partial charge in [-0.05, 0) is 100 Å². The van der Waals surface area contributed by atoms with Crippen molar-refractivity contribution in [3.63, 3.8) is 0 Å². The van der Waals surface area contributed by atoms with Crippen LogP contribution in [-0.2, 0) is 11.2 Å². The molecule has 2 bridgehead atoms. The Bertz CT molecular complexity index is 1260. The maximum absolute atomic E-state index is 14.1. The molecule has 0 aliphatic heterocycles. The molecule has 4 N–H and O–H groups in total. The van der Waals surface area contributed by atoms with Crippen LogP contribution < -0.4 is 0 Å². The van der Waals surface area contributed by atoms with Gasteiger partial charge in [-0.25, -0.2) is 0 Å². The van der Waals surface area contributed by atoms with Crippen LogP contribution in [0.4, 0.5) is 0 Å². The third-order valence-electron chi connectivity index (χ3n) is 9.87. The number of carbonyl (C=O) groups excluding carboxylic acids is 1. The predicted octanol–water partition coefficient (Wildman–Crippen LogP) is 5.02. The zero-order chi connectivity index (χ0) is 31.2. The van der Waals surface area contributed by atoms with Crippen molar-refractivity contribution >= 4 is 17.1 Å². The van der Waals surface area contributed by atoms with E-state index in [9.17, 15) is 25.2 Å². The number of hydrogen-bond donors (Lipinski definition) is 4. The smallest absolute Gasteiger partial charge is 0.203 e. The number of fused-ring (bicyclic) bond motifs is 8. The van der Waals surface area contributed by atoms with Crippen molar-refractivity contribution in [2.24, 2.45) is 5.41 Å². The number of carbonyl (C=O) groups is 1. The Kier molecular flexibility index (Phi) is 11.8. The summed E-state index contributed by atoms with van der Waals surface area (Å²) >= 11 is 1.50. The molecule has 8 heteroatoms. The van der Waals surface area contributed by atoms with Gasteiger partial charge >= 0.3 is 0 Å². The third-order valence-corrected chi connectivity index (χ3v) is 10.9. The highest BCUT2D eigenvalue weighted by molar-refractivity contribution is 7.14. The molecule has 5 rings (SSSR count). The molecule has 1 heterocycles. The van der Waals surface area contributed by atoms with Crippen molar-refractivity contribution in [2.75, 3.05) is 40.0 Å². The Labute approximate surface area is 261 Å². The SMILES string of the molecule is COCCCN(CC(O)CO)CC1(O)CCC2c3ccc(cc3C(=O)c3ccc(C)s3)CC(O)CCC(C)=CCCC21C. The molecule has 1 saturated carbocycles. The number of rotatable bonds is 11. The van der Waals surface area contributed by atoms with Crippen LogP contribution in [0.25, 0.3) is 0 Å². The van der Waals surface area contributed by atoms with Crippen LogP contribution in [-0.4, -0.2) is 88.9 Å². The van der Waals surface area contributed by atoms with E-state index in [2.05, 4.69) is 37.0 Å². The maximum Gasteiger partial charge on any atom is 0.203 e. The molecular weight excluding hydrogens is 562 g/mol. The number of methoxy groups -OCH3 is 1. The van der Waals surface area contributed by atoms with Gasteiger partial charge in [0, 0.05) is 49.2 Å². The molecule has 5 unspecified atom stereocenters. The maximum atomic E-state index is 14.1. The third kappa shape index (κ3) is 8.03. The number of ketones is 1. The van der Waals surface area contributed by atoms with E-state index in [4.69, 9.17) is 4.74 Å². The summed E-state index contributed by atoms with van der Waals surface area (Å²) in [7, 11) is 1.66. The molecule has 0 amide bonds. The lowest BCUT2D eigenvalue weighted by Crippen LogP contribution is -2.54. The molecule has 3 aliphatic rings. The number of aryl methyl sites for hydroxylation is 1. The second kappa shape index (κ2) is 14.9. The van der Waals surface area contributed by atoms with E-state index in [1.54, 1.807) is 7.11 Å². The number of benzene rings is 1. The average Bonchev–Trinajstić information content (AvgIpc) is 3.51. The van der Waals surface area contributed by atoms with E-state index >= 15 is 0 Å². The van der Waals surface area contributed by atoms with Crippen molar-refractivity contribution < 1.29 is 30.0 Å². The molecular formula is C35H51NO6S. The lowest BCUT2D eigenvalue weighted by molar-refractivity contribution is -0.0898. The van der Waals surface area contributed by atoms with Gasteiger partial charge in [-0.1, -0.05) is 30.7 Å². The summed E-state index contributed by atoms with van der Waals surface area (Å²) in [6.07, 6.45) is 6.38. The van der Waals surface area contributed by atoms with Crippen molar-refractivity contribution in [1.29, 1.82) is 0 Å². The van der Waals surface area contributed by atoms with E-state index < -0.39 is 23.2 Å². The van der Waals surface area contributed by atoms with Crippen molar-refractivity contribution in [3.8, 4) is 0 Å².